The number of hydrogen-bond donors (Lipinski definition) is 3. The van der Waals surface area contributed by atoms with Gasteiger partial charge in [-0.1, -0.05) is 36.4 Å². The molecule has 7 nitrogen and oxygen atoms in total. The number of H-pyrrole nitrogens is 1. The minimum Gasteiger partial charge on any atom is -0.360 e. The summed E-state index contributed by atoms with van der Waals surface area (Å²) in [5.41, 5.74) is 2.28. The summed E-state index contributed by atoms with van der Waals surface area (Å²) in [5, 5.41) is 6.49. The van der Waals surface area contributed by atoms with E-state index < -0.39 is 0 Å². The zero-order valence-electron chi connectivity index (χ0n) is 15.9. The van der Waals surface area contributed by atoms with Crippen molar-refractivity contribution in [2.45, 2.75) is 6.42 Å². The second-order valence-corrected chi connectivity index (χ2v) is 7.04. The third kappa shape index (κ3) is 3.99. The van der Waals surface area contributed by atoms with E-state index in [4.69, 9.17) is 0 Å². The maximum atomic E-state index is 12.4. The number of rotatable bonds is 6. The highest BCUT2D eigenvalue weighted by molar-refractivity contribution is 6.06. The Morgan fingerprint density at radius 2 is 1.72 bits per heavy atom. The van der Waals surface area contributed by atoms with Crippen molar-refractivity contribution in [3.8, 4) is 0 Å². The van der Waals surface area contributed by atoms with Crippen molar-refractivity contribution < 1.29 is 14.4 Å². The molecule has 3 N–H and O–H groups in total. The molecule has 2 aromatic carbocycles. The molecule has 2 heterocycles. The van der Waals surface area contributed by atoms with Crippen LogP contribution < -0.4 is 15.5 Å². The van der Waals surface area contributed by atoms with E-state index in [2.05, 4.69) is 15.6 Å². The molecule has 0 saturated carbocycles. The van der Waals surface area contributed by atoms with Crippen LogP contribution in [-0.2, 0) is 9.59 Å². The molecule has 3 amide bonds. The van der Waals surface area contributed by atoms with Crippen LogP contribution in [0.1, 0.15) is 16.8 Å². The van der Waals surface area contributed by atoms with E-state index in [1.807, 2.05) is 54.6 Å². The standard InChI is InChI=1S/C22H22N4O3/c27-20-12-15(14-26(20)16-6-2-1-3-7-16)21(28)23-10-11-24-22(29)18-13-25-19-9-5-4-8-17(18)19/h1-9,13,15,25H,10-12,14H2,(H,23,28)(H,24,29)/t15-/m0/s1. The first-order valence-electron chi connectivity index (χ1n) is 9.61. The van der Waals surface area contributed by atoms with Gasteiger partial charge in [-0.05, 0) is 18.2 Å². The Balaban J connectivity index is 1.25. The van der Waals surface area contributed by atoms with Gasteiger partial charge in [0.1, 0.15) is 0 Å². The van der Waals surface area contributed by atoms with Crippen molar-refractivity contribution in [1.29, 1.82) is 0 Å². The minimum atomic E-state index is -0.382. The van der Waals surface area contributed by atoms with Gasteiger partial charge in [-0.15, -0.1) is 0 Å². The molecule has 1 fully saturated rings. The topological polar surface area (TPSA) is 94.3 Å². The molecule has 0 bridgehead atoms. The zero-order chi connectivity index (χ0) is 20.2. The van der Waals surface area contributed by atoms with E-state index in [0.29, 0.717) is 25.2 Å². The lowest BCUT2D eigenvalue weighted by Crippen LogP contribution is -2.38. The summed E-state index contributed by atoms with van der Waals surface area (Å²) in [6.07, 6.45) is 1.88. The number of amides is 3. The van der Waals surface area contributed by atoms with Crippen molar-refractivity contribution in [3.05, 3.63) is 66.4 Å². The maximum Gasteiger partial charge on any atom is 0.253 e. The molecule has 148 valence electrons. The van der Waals surface area contributed by atoms with Crippen LogP contribution >= 0.6 is 0 Å². The summed E-state index contributed by atoms with van der Waals surface area (Å²) in [6, 6.07) is 16.9. The average molecular weight is 390 g/mol. The fourth-order valence-corrected chi connectivity index (χ4v) is 3.60. The lowest BCUT2D eigenvalue weighted by atomic mass is 10.1. The van der Waals surface area contributed by atoms with Gasteiger partial charge in [0.05, 0.1) is 11.5 Å². The van der Waals surface area contributed by atoms with Gasteiger partial charge in [-0.25, -0.2) is 0 Å². The smallest absolute Gasteiger partial charge is 0.253 e. The number of nitrogens with one attached hydrogen (secondary N) is 3. The summed E-state index contributed by atoms with van der Waals surface area (Å²) in [6.45, 7) is 0.993. The Kier molecular flexibility index (Phi) is 5.29. The zero-order valence-corrected chi connectivity index (χ0v) is 15.9. The van der Waals surface area contributed by atoms with Gasteiger partial charge < -0.3 is 20.5 Å². The molecule has 1 aliphatic heterocycles. The second-order valence-electron chi connectivity index (χ2n) is 7.04. The van der Waals surface area contributed by atoms with Gasteiger partial charge >= 0.3 is 0 Å². The summed E-state index contributed by atoms with van der Waals surface area (Å²) >= 11 is 0. The van der Waals surface area contributed by atoms with Crippen molar-refractivity contribution in [2.75, 3.05) is 24.5 Å². The number of hydrogen-bond acceptors (Lipinski definition) is 3. The largest absolute Gasteiger partial charge is 0.360 e. The molecule has 1 aromatic heterocycles. The summed E-state index contributed by atoms with van der Waals surface area (Å²) in [4.78, 5) is 41.7. The number of para-hydroxylation sites is 2. The second kappa shape index (κ2) is 8.18. The quantitative estimate of drug-likeness (QED) is 0.563. The molecule has 0 aliphatic carbocycles. The number of carbonyl (C=O) groups is 3. The molecule has 3 aromatic rings. The fraction of sp³-hybridized carbons (Fsp3) is 0.227. The summed E-state index contributed by atoms with van der Waals surface area (Å²) < 4.78 is 0. The molecule has 0 radical (unpaired) electrons. The van der Waals surface area contributed by atoms with Crippen LogP contribution in [0.4, 0.5) is 5.69 Å². The lowest BCUT2D eigenvalue weighted by Gasteiger charge is -2.16. The average Bonchev–Trinajstić information content (AvgIpc) is 3.35. The van der Waals surface area contributed by atoms with Crippen molar-refractivity contribution in [3.63, 3.8) is 0 Å². The third-order valence-corrected chi connectivity index (χ3v) is 5.11. The SMILES string of the molecule is O=C(NCCNC(=O)[C@H]1CC(=O)N(c2ccccc2)C1)c1c[nH]c2ccccc12. The van der Waals surface area contributed by atoms with Gasteiger partial charge in [0.2, 0.25) is 11.8 Å². The molecule has 1 atom stereocenters. The molecule has 1 aliphatic rings. The van der Waals surface area contributed by atoms with E-state index in [0.717, 1.165) is 16.6 Å². The highest BCUT2D eigenvalue weighted by atomic mass is 16.2. The number of fused-ring (bicyclic) bond motifs is 1. The van der Waals surface area contributed by atoms with Crippen LogP contribution in [0.25, 0.3) is 10.9 Å². The predicted octanol–water partition coefficient (Wildman–Crippen LogP) is 2.07. The Morgan fingerprint density at radius 3 is 2.55 bits per heavy atom. The van der Waals surface area contributed by atoms with E-state index in [-0.39, 0.29) is 30.1 Å². The van der Waals surface area contributed by atoms with Crippen LogP contribution in [0.3, 0.4) is 0 Å². The van der Waals surface area contributed by atoms with Gasteiger partial charge in [0.15, 0.2) is 0 Å². The molecular weight excluding hydrogens is 368 g/mol. The molecule has 29 heavy (non-hydrogen) atoms. The van der Waals surface area contributed by atoms with Crippen molar-refractivity contribution in [2.24, 2.45) is 5.92 Å². The minimum absolute atomic E-state index is 0.0519. The normalized spacial score (nSPS) is 16.2. The van der Waals surface area contributed by atoms with Gasteiger partial charge in [0.25, 0.3) is 5.91 Å². The Labute approximate surface area is 168 Å². The molecular formula is C22H22N4O3. The number of anilines is 1. The van der Waals surface area contributed by atoms with Crippen LogP contribution in [-0.4, -0.2) is 42.3 Å². The first-order valence-corrected chi connectivity index (χ1v) is 9.61. The predicted molar refractivity (Wildman–Crippen MR) is 111 cm³/mol. The third-order valence-electron chi connectivity index (χ3n) is 5.11. The molecule has 7 heteroatoms. The van der Waals surface area contributed by atoms with Gasteiger partial charge in [-0.2, -0.15) is 0 Å². The number of nitrogens with zero attached hydrogens (tertiary/aromatic N) is 1. The lowest BCUT2D eigenvalue weighted by molar-refractivity contribution is -0.126. The fourth-order valence-electron chi connectivity index (χ4n) is 3.60. The monoisotopic (exact) mass is 390 g/mol. The van der Waals surface area contributed by atoms with Crippen molar-refractivity contribution in [1.82, 2.24) is 15.6 Å². The number of carbonyl (C=O) groups excluding carboxylic acids is 3. The maximum absolute atomic E-state index is 12.4. The molecule has 0 spiro atoms. The number of benzene rings is 2. The van der Waals surface area contributed by atoms with Crippen LogP contribution in [0, 0.1) is 5.92 Å². The van der Waals surface area contributed by atoms with E-state index in [1.165, 1.54) is 0 Å². The Morgan fingerprint density at radius 1 is 1.00 bits per heavy atom. The van der Waals surface area contributed by atoms with Gasteiger partial charge in [0, 0.05) is 48.8 Å². The molecule has 4 rings (SSSR count). The van der Waals surface area contributed by atoms with E-state index in [9.17, 15) is 14.4 Å². The van der Waals surface area contributed by atoms with E-state index >= 15 is 0 Å². The van der Waals surface area contributed by atoms with Crippen molar-refractivity contribution >= 4 is 34.3 Å². The molecule has 0 unspecified atom stereocenters. The first kappa shape index (κ1) is 18.7. The first-order chi connectivity index (χ1) is 14.1. The Bertz CT molecular complexity index is 1040. The van der Waals surface area contributed by atoms with E-state index in [1.54, 1.807) is 11.1 Å². The highest BCUT2D eigenvalue weighted by Gasteiger charge is 2.34. The van der Waals surface area contributed by atoms with Crippen LogP contribution in [0.15, 0.2) is 60.8 Å². The number of aromatic amines is 1. The van der Waals surface area contributed by atoms with Crippen LogP contribution in [0.5, 0.6) is 0 Å². The number of aromatic nitrogens is 1. The van der Waals surface area contributed by atoms with Gasteiger partial charge in [-0.3, -0.25) is 14.4 Å². The summed E-state index contributed by atoms with van der Waals surface area (Å²) in [5.74, 6) is -0.794. The van der Waals surface area contributed by atoms with Crippen LogP contribution in [0.2, 0.25) is 0 Å². The summed E-state index contributed by atoms with van der Waals surface area (Å²) in [7, 11) is 0. The highest BCUT2D eigenvalue weighted by Crippen LogP contribution is 2.24. The molecule has 1 saturated heterocycles. The Hall–Kier alpha value is -3.61.